The van der Waals surface area contributed by atoms with Gasteiger partial charge >= 0.3 is 0 Å². The summed E-state index contributed by atoms with van der Waals surface area (Å²) in [6.45, 7) is 3.76. The predicted molar refractivity (Wildman–Crippen MR) is 172 cm³/mol. The maximum absolute atomic E-state index is 14.2. The Morgan fingerprint density at radius 1 is 1.00 bits per heavy atom. The van der Waals surface area contributed by atoms with Crippen LogP contribution in [0.25, 0.3) is 28.0 Å². The quantitative estimate of drug-likeness (QED) is 0.253. The molecule has 1 saturated heterocycles. The Hall–Kier alpha value is -5.20. The zero-order chi connectivity index (χ0) is 31.0. The number of pyridine rings is 2. The maximum Gasteiger partial charge on any atom is 0.269 e. The van der Waals surface area contributed by atoms with E-state index >= 15 is 0 Å². The number of hydrogen-bond acceptors (Lipinski definition) is 9. The van der Waals surface area contributed by atoms with Crippen LogP contribution < -0.4 is 16.2 Å². The van der Waals surface area contributed by atoms with Crippen molar-refractivity contribution in [3.63, 3.8) is 0 Å². The van der Waals surface area contributed by atoms with Crippen LogP contribution in [0.2, 0.25) is 0 Å². The lowest BCUT2D eigenvalue weighted by atomic mass is 9.99. The van der Waals surface area contributed by atoms with Crippen molar-refractivity contribution < 1.29 is 8.42 Å². The van der Waals surface area contributed by atoms with Gasteiger partial charge in [0.25, 0.3) is 15.6 Å². The number of aromatic nitrogens is 6. The summed E-state index contributed by atoms with van der Waals surface area (Å²) in [6.07, 6.45) is 7.93. The van der Waals surface area contributed by atoms with E-state index in [9.17, 15) is 13.2 Å². The first-order valence-corrected chi connectivity index (χ1v) is 16.1. The summed E-state index contributed by atoms with van der Waals surface area (Å²) in [4.78, 5) is 31.8. The minimum Gasteiger partial charge on any atom is -0.324 e. The van der Waals surface area contributed by atoms with E-state index in [1.807, 2.05) is 42.5 Å². The SMILES string of the molecule is Cc1c(-c2cc3cnc(Nc4ccc(CC5CCNC5)cc4)nc3n(-c3ccccc3)c2=O)ncn1S(=O)(=O)c1ccncc1. The van der Waals surface area contributed by atoms with Crippen LogP contribution in [0.1, 0.15) is 17.7 Å². The van der Waals surface area contributed by atoms with E-state index in [1.54, 1.807) is 19.2 Å². The molecular weight excluding hydrogens is 588 g/mol. The van der Waals surface area contributed by atoms with Crippen molar-refractivity contribution in [2.24, 2.45) is 5.92 Å². The van der Waals surface area contributed by atoms with Crippen molar-refractivity contribution in [3.05, 3.63) is 119 Å². The highest BCUT2D eigenvalue weighted by molar-refractivity contribution is 7.90. The largest absolute Gasteiger partial charge is 0.324 e. The zero-order valence-electron chi connectivity index (χ0n) is 24.5. The van der Waals surface area contributed by atoms with Gasteiger partial charge in [0.1, 0.15) is 6.33 Å². The highest BCUT2D eigenvalue weighted by Gasteiger charge is 2.24. The molecule has 7 rings (SSSR count). The molecule has 0 amide bonds. The molecule has 0 spiro atoms. The molecule has 1 atom stereocenters. The normalized spacial score (nSPS) is 15.0. The summed E-state index contributed by atoms with van der Waals surface area (Å²) in [6, 6.07) is 21.9. The van der Waals surface area contributed by atoms with Crippen molar-refractivity contribution in [1.29, 1.82) is 0 Å². The van der Waals surface area contributed by atoms with E-state index in [2.05, 4.69) is 37.7 Å². The van der Waals surface area contributed by atoms with E-state index in [1.165, 1.54) is 47.4 Å². The zero-order valence-corrected chi connectivity index (χ0v) is 25.3. The second-order valence-corrected chi connectivity index (χ2v) is 12.9. The Morgan fingerprint density at radius 2 is 1.78 bits per heavy atom. The van der Waals surface area contributed by atoms with Crippen molar-refractivity contribution in [2.45, 2.75) is 24.7 Å². The lowest BCUT2D eigenvalue weighted by molar-refractivity contribution is 0.580. The van der Waals surface area contributed by atoms with Crippen LogP contribution in [-0.4, -0.2) is 50.0 Å². The molecule has 2 aromatic carbocycles. The molecule has 1 fully saturated rings. The van der Waals surface area contributed by atoms with Gasteiger partial charge in [-0.2, -0.15) is 4.98 Å². The van der Waals surface area contributed by atoms with Gasteiger partial charge in [0.2, 0.25) is 5.95 Å². The fourth-order valence-electron chi connectivity index (χ4n) is 5.74. The molecule has 0 aliphatic carbocycles. The van der Waals surface area contributed by atoms with Crippen molar-refractivity contribution in [3.8, 4) is 16.9 Å². The second-order valence-electron chi connectivity index (χ2n) is 11.1. The van der Waals surface area contributed by atoms with Crippen LogP contribution in [0.3, 0.4) is 0 Å². The molecule has 226 valence electrons. The summed E-state index contributed by atoms with van der Waals surface area (Å²) in [5.74, 6) is 1.01. The first-order valence-electron chi connectivity index (χ1n) is 14.6. The minimum atomic E-state index is -3.95. The highest BCUT2D eigenvalue weighted by Crippen LogP contribution is 2.27. The van der Waals surface area contributed by atoms with E-state index in [0.29, 0.717) is 34.3 Å². The summed E-state index contributed by atoms with van der Waals surface area (Å²) < 4.78 is 29.3. The number of para-hydroxylation sites is 1. The summed E-state index contributed by atoms with van der Waals surface area (Å²) in [7, 11) is -3.95. The van der Waals surface area contributed by atoms with E-state index in [4.69, 9.17) is 4.98 Å². The summed E-state index contributed by atoms with van der Waals surface area (Å²) >= 11 is 0. The van der Waals surface area contributed by atoms with Crippen LogP contribution in [0.4, 0.5) is 11.6 Å². The summed E-state index contributed by atoms with van der Waals surface area (Å²) in [5, 5.41) is 7.27. The Bertz CT molecular complexity index is 2160. The smallest absolute Gasteiger partial charge is 0.269 e. The third kappa shape index (κ3) is 5.49. The lowest BCUT2D eigenvalue weighted by Crippen LogP contribution is -2.22. The molecule has 6 aromatic rings. The van der Waals surface area contributed by atoms with E-state index in [-0.39, 0.29) is 16.2 Å². The molecule has 0 saturated carbocycles. The van der Waals surface area contributed by atoms with E-state index in [0.717, 1.165) is 29.2 Å². The van der Waals surface area contributed by atoms with Crippen LogP contribution >= 0.6 is 0 Å². The van der Waals surface area contributed by atoms with Gasteiger partial charge in [-0.05, 0) is 86.8 Å². The molecule has 45 heavy (non-hydrogen) atoms. The number of nitrogens with zero attached hydrogens (tertiary/aromatic N) is 6. The monoisotopic (exact) mass is 618 g/mol. The second kappa shape index (κ2) is 11.7. The third-order valence-corrected chi connectivity index (χ3v) is 9.83. The first kappa shape index (κ1) is 28.6. The Labute approximate surface area is 259 Å². The molecule has 1 unspecified atom stereocenters. The number of anilines is 2. The fourth-order valence-corrected chi connectivity index (χ4v) is 7.05. The number of rotatable bonds is 8. The molecule has 11 nitrogen and oxygen atoms in total. The number of hydrogen-bond donors (Lipinski definition) is 2. The molecule has 4 aromatic heterocycles. The average Bonchev–Trinajstić information content (AvgIpc) is 3.72. The van der Waals surface area contributed by atoms with Crippen LogP contribution in [0.5, 0.6) is 0 Å². The number of fused-ring (bicyclic) bond motifs is 1. The molecule has 0 bridgehead atoms. The standard InChI is InChI=1S/C33H30N8O3S/c1-22-30(37-21-40(22)45(43,44)28-12-15-34-16-13-28)29-18-25-20-36-33(39-31(25)41(32(29)42)27-5-3-2-4-6-27)38-26-9-7-23(8-10-26)17-24-11-14-35-19-24/h2-10,12-13,15-16,18,20-21,24,35H,11,14,17,19H2,1H3,(H,36,38,39). The maximum atomic E-state index is 14.2. The summed E-state index contributed by atoms with van der Waals surface area (Å²) in [5.41, 5.74) is 3.51. The van der Waals surface area contributed by atoms with Gasteiger partial charge in [-0.3, -0.25) is 14.3 Å². The van der Waals surface area contributed by atoms with Gasteiger partial charge in [-0.1, -0.05) is 30.3 Å². The van der Waals surface area contributed by atoms with Gasteiger partial charge in [0.05, 0.1) is 27.5 Å². The number of nitrogens with one attached hydrogen (secondary N) is 2. The number of benzene rings is 2. The molecular formula is C33H30N8O3S. The van der Waals surface area contributed by atoms with Gasteiger partial charge < -0.3 is 10.6 Å². The van der Waals surface area contributed by atoms with Crippen molar-refractivity contribution >= 4 is 32.7 Å². The molecule has 1 aliphatic heterocycles. The van der Waals surface area contributed by atoms with Crippen molar-refractivity contribution in [1.82, 2.24) is 33.8 Å². The minimum absolute atomic E-state index is 0.0685. The highest BCUT2D eigenvalue weighted by atomic mass is 32.2. The average molecular weight is 619 g/mol. The van der Waals surface area contributed by atoms with Crippen LogP contribution in [0, 0.1) is 12.8 Å². The molecule has 2 N–H and O–H groups in total. The molecule has 12 heteroatoms. The lowest BCUT2D eigenvalue weighted by Gasteiger charge is -2.14. The van der Waals surface area contributed by atoms with Gasteiger partial charge in [0, 0.05) is 29.7 Å². The van der Waals surface area contributed by atoms with Gasteiger partial charge in [0.15, 0.2) is 5.65 Å². The molecule has 0 radical (unpaired) electrons. The number of imidazole rings is 1. The Kier molecular flexibility index (Phi) is 7.43. The first-order chi connectivity index (χ1) is 21.9. The van der Waals surface area contributed by atoms with Crippen LogP contribution in [0.15, 0.2) is 107 Å². The van der Waals surface area contributed by atoms with E-state index < -0.39 is 15.6 Å². The Morgan fingerprint density at radius 3 is 2.51 bits per heavy atom. The van der Waals surface area contributed by atoms with Gasteiger partial charge in [-0.15, -0.1) is 0 Å². The topological polar surface area (TPSA) is 137 Å². The predicted octanol–water partition coefficient (Wildman–Crippen LogP) is 4.48. The van der Waals surface area contributed by atoms with Gasteiger partial charge in [-0.25, -0.2) is 22.4 Å². The van der Waals surface area contributed by atoms with Crippen LogP contribution in [-0.2, 0) is 16.4 Å². The van der Waals surface area contributed by atoms with Crippen molar-refractivity contribution in [2.75, 3.05) is 18.4 Å². The molecule has 1 aliphatic rings. The Balaban J connectivity index is 1.28. The fraction of sp³-hybridized carbons (Fsp3) is 0.182. The third-order valence-electron chi connectivity index (χ3n) is 8.08. The molecule has 5 heterocycles.